The molecule has 5 aliphatic heterocycles. The first kappa shape index (κ1) is 58.5. The zero-order valence-corrected chi connectivity index (χ0v) is 46.4. The molecule has 4 saturated heterocycles. The first-order chi connectivity index (χ1) is 35.4. The standard InChI is InChI=1S/C57H83N3O15/c1-15-43-57(11,65)50-33(4)45(58-37(8)61)31(2)27-56(10,68-30-42-40(29-67-50)46(59-75-42)38-22-18-16-19-23-38)49(74-54-47(62)41(60(12)13)26-32(3)69-54)34(5)48(35(6)52(63)71-43)72-44-28-55(9,66-14)51(36(7)70-44)73-53(64)39-24-20-17-21-25-39/h16-25,31-36,40-44,47-51,54,62,65H,15,26-30H2,1-14H3/t31-,32-,33+,34+,35-,36+,40?,41+,42?,43-,44+,47-,48+,49-,50-,51+,54+,55-,56+,57-/m1/s1. The number of cyclic esters (lactones) is 1. The molecule has 2 bridgehead atoms. The molecule has 5 aliphatic rings. The molecule has 7 rings (SSSR count). The van der Waals surface area contributed by atoms with E-state index >= 15 is 4.79 Å². The smallest absolute Gasteiger partial charge is 0.338 e. The van der Waals surface area contributed by atoms with Gasteiger partial charge in [-0.2, -0.15) is 0 Å². The number of ether oxygens (including phenoxy) is 9. The number of likely N-dealkylation sites (N-methyl/N-ethyl adjacent to an activating group) is 1. The van der Waals surface area contributed by atoms with Crippen molar-refractivity contribution in [2.75, 3.05) is 34.4 Å². The molecule has 2 N–H and O–H groups in total. The van der Waals surface area contributed by atoms with Crippen molar-refractivity contribution in [3.8, 4) is 0 Å². The molecule has 1 amide bonds. The second-order valence-electron chi connectivity index (χ2n) is 22.5. The van der Waals surface area contributed by atoms with Crippen LogP contribution < -0.4 is 0 Å². The molecule has 0 saturated carbocycles. The van der Waals surface area contributed by atoms with E-state index in [9.17, 15) is 19.8 Å². The third-order valence-corrected chi connectivity index (χ3v) is 16.5. The average molecular weight is 1050 g/mol. The number of rotatable bonds is 10. The van der Waals surface area contributed by atoms with Crippen LogP contribution in [-0.4, -0.2) is 169 Å². The number of amides is 1. The summed E-state index contributed by atoms with van der Waals surface area (Å²) in [6.07, 6.45) is -9.53. The predicted octanol–water partition coefficient (Wildman–Crippen LogP) is 6.55. The van der Waals surface area contributed by atoms with Crippen LogP contribution >= 0.6 is 0 Å². The van der Waals surface area contributed by atoms with Crippen molar-refractivity contribution in [1.29, 1.82) is 0 Å². The van der Waals surface area contributed by atoms with E-state index in [-0.39, 0.29) is 44.6 Å². The Morgan fingerprint density at radius 1 is 0.893 bits per heavy atom. The number of carbonyl (C=O) groups excluding carboxylic acids is 3. The summed E-state index contributed by atoms with van der Waals surface area (Å²) in [5, 5.41) is 29.9. The number of aliphatic hydroxyl groups is 2. The molecule has 75 heavy (non-hydrogen) atoms. The average Bonchev–Trinajstić information content (AvgIpc) is 3.78. The Balaban J connectivity index is 1.39. The van der Waals surface area contributed by atoms with Crippen molar-refractivity contribution in [3.05, 3.63) is 71.8 Å². The van der Waals surface area contributed by atoms with Crippen LogP contribution in [0.25, 0.3) is 0 Å². The summed E-state index contributed by atoms with van der Waals surface area (Å²) in [6, 6.07) is 17.9. The van der Waals surface area contributed by atoms with E-state index in [1.807, 2.05) is 104 Å². The first-order valence-electron chi connectivity index (χ1n) is 26.8. The molecule has 0 radical (unpaired) electrons. The van der Waals surface area contributed by atoms with Crippen LogP contribution in [0.2, 0.25) is 0 Å². The van der Waals surface area contributed by atoms with E-state index in [1.54, 1.807) is 45.0 Å². The molecule has 2 aromatic rings. The van der Waals surface area contributed by atoms with Crippen LogP contribution in [0.5, 0.6) is 0 Å². The van der Waals surface area contributed by atoms with Gasteiger partial charge in [-0.05, 0) is 98.5 Å². The predicted molar refractivity (Wildman–Crippen MR) is 278 cm³/mol. The molecule has 416 valence electrons. The van der Waals surface area contributed by atoms with E-state index in [2.05, 4.69) is 10.1 Å². The maximum absolute atomic E-state index is 15.1. The van der Waals surface area contributed by atoms with Gasteiger partial charge in [0.05, 0.1) is 72.4 Å². The number of benzene rings is 2. The van der Waals surface area contributed by atoms with Gasteiger partial charge in [-0.1, -0.05) is 81.4 Å². The number of aliphatic imine (C=N–C) groups is 1. The van der Waals surface area contributed by atoms with Gasteiger partial charge in [-0.15, -0.1) is 0 Å². The van der Waals surface area contributed by atoms with Crippen LogP contribution in [0.3, 0.4) is 0 Å². The van der Waals surface area contributed by atoms with Crippen LogP contribution in [0.15, 0.2) is 70.8 Å². The van der Waals surface area contributed by atoms with Gasteiger partial charge in [0.2, 0.25) is 5.91 Å². The molecule has 0 spiro atoms. The fraction of sp³-hybridized carbons (Fsp3) is 0.702. The van der Waals surface area contributed by atoms with Gasteiger partial charge < -0.3 is 62.6 Å². The van der Waals surface area contributed by atoms with Crippen molar-refractivity contribution in [2.24, 2.45) is 39.7 Å². The molecule has 4 fully saturated rings. The molecule has 0 aliphatic carbocycles. The Morgan fingerprint density at radius 3 is 2.19 bits per heavy atom. The van der Waals surface area contributed by atoms with E-state index in [1.165, 1.54) is 14.0 Å². The first-order valence-corrected chi connectivity index (χ1v) is 26.8. The SMILES string of the molecule is CC[C@H]1OC(=O)[C@H](C)[C@@H](O[C@H]2C[C@@](C)(OC)[C@@H](OC(=O)c3ccccc3)[C@H](C)O2)[C@H](C)[C@@H](O[C@@H]2O[C@H](C)C[C@H](N(C)C)[C@H]2O)[C@]2(C)C[C@@H](C)C(=NC(C)=O)[C@H](C)[C@@H](OCC3C(c4ccccc4)=NOC3CO2)[C@]1(C)O. The third-order valence-electron chi connectivity index (χ3n) is 16.5. The zero-order chi connectivity index (χ0) is 54.7. The normalized spacial score (nSPS) is 41.7. The summed E-state index contributed by atoms with van der Waals surface area (Å²) in [7, 11) is 5.33. The maximum Gasteiger partial charge on any atom is 0.338 e. The highest BCUT2D eigenvalue weighted by atomic mass is 16.7. The number of oxime groups is 1. The Labute approximate surface area is 443 Å². The summed E-state index contributed by atoms with van der Waals surface area (Å²) in [4.78, 5) is 54.8. The molecule has 0 aromatic heterocycles. The molecule has 20 atom stereocenters. The van der Waals surface area contributed by atoms with E-state index in [0.29, 0.717) is 23.4 Å². The molecule has 2 unspecified atom stereocenters. The number of hydrogen-bond donors (Lipinski definition) is 2. The van der Waals surface area contributed by atoms with Gasteiger partial charge in [-0.25, -0.2) is 9.79 Å². The maximum atomic E-state index is 15.1. The summed E-state index contributed by atoms with van der Waals surface area (Å²) in [6.45, 7) is 19.6. The Kier molecular flexibility index (Phi) is 18.9. The lowest BCUT2D eigenvalue weighted by atomic mass is 9.73. The monoisotopic (exact) mass is 1050 g/mol. The number of nitrogens with zero attached hydrogens (tertiary/aromatic N) is 3. The van der Waals surface area contributed by atoms with Crippen LogP contribution in [-0.2, 0) is 57.1 Å². The second kappa shape index (κ2) is 24.2. The summed E-state index contributed by atoms with van der Waals surface area (Å²) < 4.78 is 60.6. The Hall–Kier alpha value is -4.21. The van der Waals surface area contributed by atoms with Crippen LogP contribution in [0, 0.1) is 29.6 Å². The molecule has 18 nitrogen and oxygen atoms in total. The lowest BCUT2D eigenvalue weighted by molar-refractivity contribution is -0.321. The Bertz CT molecular complexity index is 2320. The minimum Gasteiger partial charge on any atom is -0.459 e. The highest BCUT2D eigenvalue weighted by molar-refractivity contribution is 6.03. The van der Waals surface area contributed by atoms with Crippen LogP contribution in [0.4, 0.5) is 0 Å². The zero-order valence-electron chi connectivity index (χ0n) is 46.4. The number of aliphatic hydroxyl groups excluding tert-OH is 1. The summed E-state index contributed by atoms with van der Waals surface area (Å²) in [5.74, 6) is -5.39. The van der Waals surface area contributed by atoms with Gasteiger partial charge in [0.1, 0.15) is 23.4 Å². The summed E-state index contributed by atoms with van der Waals surface area (Å²) >= 11 is 0. The van der Waals surface area contributed by atoms with Gasteiger partial charge in [0.25, 0.3) is 0 Å². The molecular formula is C57H83N3O15. The van der Waals surface area contributed by atoms with Crippen LogP contribution in [0.1, 0.15) is 118 Å². The third kappa shape index (κ3) is 12.7. The molecule has 5 heterocycles. The quantitative estimate of drug-likeness (QED) is 0.242. The van der Waals surface area contributed by atoms with Gasteiger partial charge in [0.15, 0.2) is 24.8 Å². The van der Waals surface area contributed by atoms with E-state index in [4.69, 9.17) is 47.5 Å². The van der Waals surface area contributed by atoms with Gasteiger partial charge >= 0.3 is 11.9 Å². The van der Waals surface area contributed by atoms with Crippen molar-refractivity contribution in [2.45, 2.75) is 192 Å². The minimum atomic E-state index is -1.87. The van der Waals surface area contributed by atoms with Crippen molar-refractivity contribution < 1.29 is 72.1 Å². The topological polar surface area (TPSA) is 212 Å². The lowest BCUT2D eigenvalue weighted by Crippen LogP contribution is -2.62. The molecule has 18 heteroatoms. The fourth-order valence-electron chi connectivity index (χ4n) is 12.3. The van der Waals surface area contributed by atoms with E-state index in [0.717, 1.165) is 5.56 Å². The summed E-state index contributed by atoms with van der Waals surface area (Å²) in [5.41, 5.74) is -2.17. The lowest BCUT2D eigenvalue weighted by Gasteiger charge is -2.51. The second-order valence-corrected chi connectivity index (χ2v) is 22.5. The number of carbonyl (C=O) groups is 3. The highest BCUT2D eigenvalue weighted by Crippen LogP contribution is 2.44. The number of esters is 2. The highest BCUT2D eigenvalue weighted by Gasteiger charge is 2.56. The van der Waals surface area contributed by atoms with Crippen molar-refractivity contribution in [3.63, 3.8) is 0 Å². The number of hydrogen-bond acceptors (Lipinski definition) is 17. The Morgan fingerprint density at radius 2 is 1.56 bits per heavy atom. The van der Waals surface area contributed by atoms with Crippen molar-refractivity contribution >= 4 is 29.3 Å². The van der Waals surface area contributed by atoms with Gasteiger partial charge in [0, 0.05) is 44.0 Å². The van der Waals surface area contributed by atoms with Gasteiger partial charge in [-0.3, -0.25) is 9.59 Å². The fourth-order valence-corrected chi connectivity index (χ4v) is 12.3. The number of fused-ring (bicyclic) bond motifs is 6. The molecule has 2 aromatic carbocycles. The number of methoxy groups -OCH3 is 1. The largest absolute Gasteiger partial charge is 0.459 e. The minimum absolute atomic E-state index is 0.00315. The van der Waals surface area contributed by atoms with E-state index < -0.39 is 126 Å². The molecular weight excluding hydrogens is 967 g/mol. The van der Waals surface area contributed by atoms with Crippen molar-refractivity contribution in [1.82, 2.24) is 4.90 Å².